The Bertz CT molecular complexity index is 1020. The number of rotatable bonds is 6. The molecule has 0 spiro atoms. The number of halogens is 1. The van der Waals surface area contributed by atoms with Crippen molar-refractivity contribution < 1.29 is 23.5 Å². The monoisotopic (exact) mass is 394 g/mol. The molecule has 2 amide bonds. The number of ether oxygens (including phenoxy) is 2. The van der Waals surface area contributed by atoms with Crippen LogP contribution in [0.5, 0.6) is 11.5 Å². The van der Waals surface area contributed by atoms with Crippen molar-refractivity contribution in [1.82, 2.24) is 0 Å². The smallest absolute Gasteiger partial charge is 0.258 e. The molecule has 0 atom stereocenters. The summed E-state index contributed by atoms with van der Waals surface area (Å²) < 4.78 is 24.0. The highest BCUT2D eigenvalue weighted by Crippen LogP contribution is 2.19. The van der Waals surface area contributed by atoms with Crippen LogP contribution in [-0.2, 0) is 0 Å². The van der Waals surface area contributed by atoms with E-state index in [4.69, 9.17) is 9.47 Å². The molecule has 0 aliphatic heterocycles. The third kappa shape index (κ3) is 4.90. The van der Waals surface area contributed by atoms with E-state index in [9.17, 15) is 14.0 Å². The molecule has 0 unspecified atom stereocenters. The van der Waals surface area contributed by atoms with Gasteiger partial charge in [0.1, 0.15) is 17.3 Å². The molecule has 0 aliphatic carbocycles. The van der Waals surface area contributed by atoms with Crippen LogP contribution in [0.15, 0.2) is 66.7 Å². The van der Waals surface area contributed by atoms with E-state index >= 15 is 0 Å². The van der Waals surface area contributed by atoms with E-state index in [-0.39, 0.29) is 11.5 Å². The zero-order valence-corrected chi connectivity index (χ0v) is 15.9. The zero-order valence-electron chi connectivity index (χ0n) is 15.9. The standard InChI is InChI=1S/C22H19FN2O4/c1-28-17-9-7-16(8-10-17)24-21(26)14-3-5-15(6-4-14)25-22(27)19-12-11-18(29-2)13-20(19)23/h3-13H,1-2H3,(H,24,26)(H,25,27). The largest absolute Gasteiger partial charge is 0.497 e. The van der Waals surface area contributed by atoms with Crippen molar-refractivity contribution in [3.63, 3.8) is 0 Å². The number of hydrogen-bond donors (Lipinski definition) is 2. The highest BCUT2D eigenvalue weighted by Gasteiger charge is 2.13. The van der Waals surface area contributed by atoms with Gasteiger partial charge in [0.05, 0.1) is 19.8 Å². The highest BCUT2D eigenvalue weighted by molar-refractivity contribution is 6.06. The molecule has 3 aromatic rings. The first-order chi connectivity index (χ1) is 14.0. The molecule has 0 heterocycles. The lowest BCUT2D eigenvalue weighted by Gasteiger charge is -2.09. The molecule has 3 aromatic carbocycles. The number of methoxy groups -OCH3 is 2. The maximum Gasteiger partial charge on any atom is 0.258 e. The summed E-state index contributed by atoms with van der Waals surface area (Å²) in [7, 11) is 2.98. The quantitative estimate of drug-likeness (QED) is 0.652. The Kier molecular flexibility index (Phi) is 6.09. The number of benzene rings is 3. The Hall–Kier alpha value is -3.87. The fourth-order valence-electron chi connectivity index (χ4n) is 2.59. The first-order valence-corrected chi connectivity index (χ1v) is 8.70. The van der Waals surface area contributed by atoms with Crippen LogP contribution in [0.2, 0.25) is 0 Å². The second-order valence-electron chi connectivity index (χ2n) is 6.06. The van der Waals surface area contributed by atoms with E-state index in [0.717, 1.165) is 6.07 Å². The zero-order chi connectivity index (χ0) is 20.8. The summed E-state index contributed by atoms with van der Waals surface area (Å²) in [6, 6.07) is 17.2. The van der Waals surface area contributed by atoms with Gasteiger partial charge in [0, 0.05) is 23.0 Å². The summed E-state index contributed by atoms with van der Waals surface area (Å²) in [5.74, 6) is -0.560. The Morgan fingerprint density at radius 2 is 1.24 bits per heavy atom. The fourth-order valence-corrected chi connectivity index (χ4v) is 2.59. The van der Waals surface area contributed by atoms with Crippen LogP contribution in [-0.4, -0.2) is 26.0 Å². The first kappa shape index (κ1) is 19.9. The van der Waals surface area contributed by atoms with Crippen molar-refractivity contribution in [3.8, 4) is 11.5 Å². The molecular formula is C22H19FN2O4. The summed E-state index contributed by atoms with van der Waals surface area (Å²) in [5.41, 5.74) is 1.37. The van der Waals surface area contributed by atoms with E-state index in [1.807, 2.05) is 0 Å². The number of anilines is 2. The Labute approximate surface area is 167 Å². The minimum atomic E-state index is -0.683. The van der Waals surface area contributed by atoms with Gasteiger partial charge in [-0.15, -0.1) is 0 Å². The van der Waals surface area contributed by atoms with E-state index in [2.05, 4.69) is 10.6 Å². The molecular weight excluding hydrogens is 375 g/mol. The van der Waals surface area contributed by atoms with Gasteiger partial charge in [0.15, 0.2) is 0 Å². The van der Waals surface area contributed by atoms with Crippen LogP contribution in [0.1, 0.15) is 20.7 Å². The third-order valence-electron chi connectivity index (χ3n) is 4.17. The highest BCUT2D eigenvalue weighted by atomic mass is 19.1. The van der Waals surface area contributed by atoms with Crippen LogP contribution < -0.4 is 20.1 Å². The SMILES string of the molecule is COc1ccc(NC(=O)c2ccc(NC(=O)c3ccc(OC)cc3F)cc2)cc1. The Morgan fingerprint density at radius 3 is 1.79 bits per heavy atom. The maximum absolute atomic E-state index is 14.0. The molecule has 6 nitrogen and oxygen atoms in total. The summed E-state index contributed by atoms with van der Waals surface area (Å²) in [5, 5.41) is 5.37. The molecule has 148 valence electrons. The van der Waals surface area contributed by atoms with E-state index in [1.54, 1.807) is 55.6 Å². The van der Waals surface area contributed by atoms with E-state index in [0.29, 0.717) is 28.4 Å². The summed E-state index contributed by atoms with van der Waals surface area (Å²) in [6.07, 6.45) is 0. The van der Waals surface area contributed by atoms with Gasteiger partial charge < -0.3 is 20.1 Å². The molecule has 7 heteroatoms. The number of amides is 2. The molecule has 2 N–H and O–H groups in total. The van der Waals surface area contributed by atoms with Crippen molar-refractivity contribution in [3.05, 3.63) is 83.7 Å². The maximum atomic E-state index is 14.0. The molecule has 0 fully saturated rings. The van der Waals surface area contributed by atoms with Crippen LogP contribution in [0, 0.1) is 5.82 Å². The van der Waals surface area contributed by atoms with Crippen LogP contribution in [0.25, 0.3) is 0 Å². The van der Waals surface area contributed by atoms with E-state index in [1.165, 1.54) is 19.2 Å². The summed E-state index contributed by atoms with van der Waals surface area (Å²) >= 11 is 0. The lowest BCUT2D eigenvalue weighted by Crippen LogP contribution is -2.15. The van der Waals surface area contributed by atoms with Gasteiger partial charge in [-0.25, -0.2) is 4.39 Å². The summed E-state index contributed by atoms with van der Waals surface area (Å²) in [6.45, 7) is 0. The predicted octanol–water partition coefficient (Wildman–Crippen LogP) is 4.35. The normalized spacial score (nSPS) is 10.2. The lowest BCUT2D eigenvalue weighted by molar-refractivity contribution is 0.101. The lowest BCUT2D eigenvalue weighted by atomic mass is 10.1. The molecule has 0 aromatic heterocycles. The van der Waals surface area contributed by atoms with Gasteiger partial charge in [-0.05, 0) is 60.7 Å². The molecule has 29 heavy (non-hydrogen) atoms. The second-order valence-corrected chi connectivity index (χ2v) is 6.06. The van der Waals surface area contributed by atoms with Gasteiger partial charge in [-0.1, -0.05) is 0 Å². The van der Waals surface area contributed by atoms with Crippen LogP contribution in [0.4, 0.5) is 15.8 Å². The first-order valence-electron chi connectivity index (χ1n) is 8.70. The molecule has 3 rings (SSSR count). The Morgan fingerprint density at radius 1 is 0.724 bits per heavy atom. The van der Waals surface area contributed by atoms with Crippen molar-refractivity contribution in [2.75, 3.05) is 24.9 Å². The minimum Gasteiger partial charge on any atom is -0.497 e. The van der Waals surface area contributed by atoms with Crippen LogP contribution >= 0.6 is 0 Å². The molecule has 0 saturated heterocycles. The summed E-state index contributed by atoms with van der Waals surface area (Å²) in [4.78, 5) is 24.6. The van der Waals surface area contributed by atoms with Crippen molar-refractivity contribution in [2.24, 2.45) is 0 Å². The van der Waals surface area contributed by atoms with Gasteiger partial charge >= 0.3 is 0 Å². The average Bonchev–Trinajstić information content (AvgIpc) is 2.74. The number of carbonyl (C=O) groups excluding carboxylic acids is 2. The topological polar surface area (TPSA) is 76.7 Å². The van der Waals surface area contributed by atoms with Crippen LogP contribution in [0.3, 0.4) is 0 Å². The Balaban J connectivity index is 1.64. The fraction of sp³-hybridized carbons (Fsp3) is 0.0909. The van der Waals surface area contributed by atoms with Crippen molar-refractivity contribution in [2.45, 2.75) is 0 Å². The number of hydrogen-bond acceptors (Lipinski definition) is 4. The van der Waals surface area contributed by atoms with E-state index < -0.39 is 11.7 Å². The van der Waals surface area contributed by atoms with Crippen molar-refractivity contribution in [1.29, 1.82) is 0 Å². The van der Waals surface area contributed by atoms with Gasteiger partial charge in [0.25, 0.3) is 11.8 Å². The van der Waals surface area contributed by atoms with Gasteiger partial charge in [0.2, 0.25) is 0 Å². The third-order valence-corrected chi connectivity index (χ3v) is 4.17. The average molecular weight is 394 g/mol. The minimum absolute atomic E-state index is 0.105. The second kappa shape index (κ2) is 8.88. The predicted molar refractivity (Wildman–Crippen MR) is 108 cm³/mol. The molecule has 0 aliphatic rings. The number of carbonyl (C=O) groups is 2. The van der Waals surface area contributed by atoms with Gasteiger partial charge in [-0.2, -0.15) is 0 Å². The number of nitrogens with one attached hydrogen (secondary N) is 2. The molecule has 0 radical (unpaired) electrons. The molecule has 0 saturated carbocycles. The molecule has 0 bridgehead atoms. The van der Waals surface area contributed by atoms with Gasteiger partial charge in [-0.3, -0.25) is 9.59 Å². The van der Waals surface area contributed by atoms with Crippen molar-refractivity contribution >= 4 is 23.2 Å².